The Balaban J connectivity index is -0.000000403. The van der Waals surface area contributed by atoms with E-state index in [4.69, 9.17) is 0 Å². The molecule has 0 aliphatic rings. The van der Waals surface area contributed by atoms with Crippen molar-refractivity contribution in [3.05, 3.63) is 33.4 Å². The molecule has 0 saturated heterocycles. The first kappa shape index (κ1) is 12.7. The van der Waals surface area contributed by atoms with Crippen LogP contribution in [0.15, 0.2) is 24.3 Å². The summed E-state index contributed by atoms with van der Waals surface area (Å²) in [6, 6.07) is 8.46. The molecule has 0 unspecified atom stereocenters. The Morgan fingerprint density at radius 1 is 1.33 bits per heavy atom. The van der Waals surface area contributed by atoms with E-state index < -0.39 is 0 Å². The third-order valence-electron chi connectivity index (χ3n) is 1.44. The predicted molar refractivity (Wildman–Crippen MR) is 64.5 cm³/mol. The van der Waals surface area contributed by atoms with Crippen LogP contribution in [-0.4, -0.2) is 42.0 Å². The Bertz CT molecular complexity index is 246. The van der Waals surface area contributed by atoms with Crippen LogP contribution in [0.1, 0.15) is 8.42 Å². The molecule has 0 aliphatic carbocycles. The molecule has 1 aromatic rings. The number of halogens is 1. The number of hydrogen-bond acceptors (Lipinski definition) is 1. The van der Waals surface area contributed by atoms with Crippen molar-refractivity contribution in [2.75, 3.05) is 14.1 Å². The van der Waals surface area contributed by atoms with E-state index in [1.165, 1.54) is 9.13 Å². The molecule has 0 heterocycles. The maximum Gasteiger partial charge on any atom is 2.00 e. The molecular formula is C9H14IMgN. The van der Waals surface area contributed by atoms with Gasteiger partial charge in [-0.15, -0.1) is 0 Å². The molecule has 0 aliphatic heterocycles. The van der Waals surface area contributed by atoms with Gasteiger partial charge in [0.2, 0.25) is 0 Å². The summed E-state index contributed by atoms with van der Waals surface area (Å²) in [6.07, 6.45) is 0. The van der Waals surface area contributed by atoms with Crippen LogP contribution < -0.4 is 0 Å². The molecule has 0 atom stereocenters. The fraction of sp³-hybridized carbons (Fsp3) is 0.333. The largest absolute Gasteiger partial charge is 2.00 e. The zero-order valence-electron chi connectivity index (χ0n) is 9.55. The van der Waals surface area contributed by atoms with E-state index in [-0.39, 0.29) is 25.9 Å². The van der Waals surface area contributed by atoms with Crippen molar-refractivity contribution in [2.24, 2.45) is 0 Å². The van der Waals surface area contributed by atoms with Crippen molar-refractivity contribution >= 4 is 45.6 Å². The van der Waals surface area contributed by atoms with E-state index in [1.807, 2.05) is 0 Å². The van der Waals surface area contributed by atoms with Gasteiger partial charge in [0.25, 0.3) is 0 Å². The molecule has 0 spiro atoms. The zero-order chi connectivity index (χ0) is 8.27. The Hall–Kier alpha value is 0.676. The second-order valence-electron chi connectivity index (χ2n) is 2.83. The van der Waals surface area contributed by atoms with E-state index in [0.717, 1.165) is 6.54 Å². The summed E-state index contributed by atoms with van der Waals surface area (Å²) in [7, 11) is 4.17. The minimum atomic E-state index is 0. The van der Waals surface area contributed by atoms with Crippen molar-refractivity contribution in [2.45, 2.75) is 6.54 Å². The van der Waals surface area contributed by atoms with Crippen LogP contribution in [0.3, 0.4) is 0 Å². The number of nitrogens with zero attached hydrogens (tertiary/aromatic N) is 1. The van der Waals surface area contributed by atoms with E-state index in [9.17, 15) is 0 Å². The SMILES string of the molecule is CN(C)Cc1ccccc1I.[H-].[H-].[Mg+2]. The smallest absolute Gasteiger partial charge is 1.00 e. The summed E-state index contributed by atoms with van der Waals surface area (Å²) < 4.78 is 1.35. The van der Waals surface area contributed by atoms with Crippen LogP contribution in [-0.2, 0) is 6.54 Å². The Morgan fingerprint density at radius 3 is 2.42 bits per heavy atom. The molecule has 0 radical (unpaired) electrons. The third-order valence-corrected chi connectivity index (χ3v) is 2.50. The van der Waals surface area contributed by atoms with Gasteiger partial charge in [-0.25, -0.2) is 0 Å². The van der Waals surface area contributed by atoms with Gasteiger partial charge in [0.15, 0.2) is 0 Å². The summed E-state index contributed by atoms with van der Waals surface area (Å²) >= 11 is 2.37. The molecular weight excluding hydrogens is 273 g/mol. The van der Waals surface area contributed by atoms with Gasteiger partial charge in [0.05, 0.1) is 0 Å². The fourth-order valence-electron chi connectivity index (χ4n) is 0.967. The van der Waals surface area contributed by atoms with Gasteiger partial charge in [-0.1, -0.05) is 18.2 Å². The molecule has 3 heteroatoms. The average molecular weight is 287 g/mol. The van der Waals surface area contributed by atoms with Crippen molar-refractivity contribution in [3.63, 3.8) is 0 Å². The first-order valence-corrected chi connectivity index (χ1v) is 4.66. The molecule has 0 N–H and O–H groups in total. The van der Waals surface area contributed by atoms with Crippen molar-refractivity contribution < 1.29 is 2.85 Å². The quantitative estimate of drug-likeness (QED) is 0.595. The minimum absolute atomic E-state index is 0. The number of hydrogen-bond donors (Lipinski definition) is 0. The molecule has 0 bridgehead atoms. The molecule has 0 amide bonds. The van der Waals surface area contributed by atoms with Crippen LogP contribution in [0.25, 0.3) is 0 Å². The summed E-state index contributed by atoms with van der Waals surface area (Å²) in [5.74, 6) is 0. The van der Waals surface area contributed by atoms with Crippen molar-refractivity contribution in [1.82, 2.24) is 4.90 Å². The van der Waals surface area contributed by atoms with Crippen molar-refractivity contribution in [1.29, 1.82) is 0 Å². The summed E-state index contributed by atoms with van der Waals surface area (Å²) in [5, 5.41) is 0. The number of rotatable bonds is 2. The first-order chi connectivity index (χ1) is 5.20. The standard InChI is InChI=1S/C9H12IN.Mg.2H/c1-11(2)7-8-5-3-4-6-9(8)10;;;/h3-6H,7H2,1-2H3;;;/q;+2;2*-1. The molecule has 12 heavy (non-hydrogen) atoms. The molecule has 0 aromatic heterocycles. The second-order valence-corrected chi connectivity index (χ2v) is 3.99. The maximum absolute atomic E-state index is 2.37. The Morgan fingerprint density at radius 2 is 1.92 bits per heavy atom. The monoisotopic (exact) mass is 287 g/mol. The van der Waals surface area contributed by atoms with Gasteiger partial charge < -0.3 is 7.75 Å². The maximum atomic E-state index is 2.37. The summed E-state index contributed by atoms with van der Waals surface area (Å²) in [5.41, 5.74) is 1.40. The molecule has 1 aromatic carbocycles. The zero-order valence-corrected chi connectivity index (χ0v) is 11.1. The van der Waals surface area contributed by atoms with Crippen LogP contribution >= 0.6 is 22.6 Å². The Labute approximate surface area is 107 Å². The summed E-state index contributed by atoms with van der Waals surface area (Å²) in [6.45, 7) is 1.03. The topological polar surface area (TPSA) is 3.24 Å². The number of benzene rings is 1. The van der Waals surface area contributed by atoms with E-state index in [1.54, 1.807) is 0 Å². The van der Waals surface area contributed by atoms with Crippen LogP contribution in [0.4, 0.5) is 0 Å². The van der Waals surface area contributed by atoms with E-state index >= 15 is 0 Å². The van der Waals surface area contributed by atoms with Gasteiger partial charge in [0, 0.05) is 10.1 Å². The van der Waals surface area contributed by atoms with Gasteiger partial charge in [-0.2, -0.15) is 0 Å². The van der Waals surface area contributed by atoms with Crippen LogP contribution in [0.5, 0.6) is 0 Å². The molecule has 0 saturated carbocycles. The predicted octanol–water partition coefficient (Wildman–Crippen LogP) is 2.20. The normalized spacial score (nSPS) is 9.67. The van der Waals surface area contributed by atoms with E-state index in [0.29, 0.717) is 0 Å². The average Bonchev–Trinajstić information content (AvgIpc) is 1.93. The van der Waals surface area contributed by atoms with Crippen LogP contribution in [0, 0.1) is 3.57 Å². The minimum Gasteiger partial charge on any atom is -1.00 e. The first-order valence-electron chi connectivity index (χ1n) is 3.58. The van der Waals surface area contributed by atoms with Gasteiger partial charge in [0.1, 0.15) is 0 Å². The molecule has 1 nitrogen and oxygen atoms in total. The van der Waals surface area contributed by atoms with Gasteiger partial charge in [-0.3, -0.25) is 0 Å². The third kappa shape index (κ3) is 4.07. The molecule has 1 rings (SSSR count). The Kier molecular flexibility index (Phi) is 6.53. The van der Waals surface area contributed by atoms with Crippen LogP contribution in [0.2, 0.25) is 0 Å². The second kappa shape index (κ2) is 6.18. The van der Waals surface area contributed by atoms with Crippen molar-refractivity contribution in [3.8, 4) is 0 Å². The van der Waals surface area contributed by atoms with E-state index in [2.05, 4.69) is 65.9 Å². The molecule has 64 valence electrons. The van der Waals surface area contributed by atoms with Gasteiger partial charge >= 0.3 is 23.1 Å². The summed E-state index contributed by atoms with van der Waals surface area (Å²) in [4.78, 5) is 2.18. The fourth-order valence-corrected chi connectivity index (χ4v) is 1.53. The van der Waals surface area contributed by atoms with Gasteiger partial charge in [-0.05, 0) is 48.3 Å². The molecule has 0 fully saturated rings.